The van der Waals surface area contributed by atoms with Gasteiger partial charge in [0.1, 0.15) is 0 Å². The van der Waals surface area contributed by atoms with Gasteiger partial charge in [-0.05, 0) is 18.9 Å². The van der Waals surface area contributed by atoms with Crippen LogP contribution in [0.15, 0.2) is 18.3 Å². The van der Waals surface area contributed by atoms with Crippen LogP contribution in [0, 0.1) is 10.1 Å². The number of carbonyl (C=O) groups is 1. The van der Waals surface area contributed by atoms with E-state index in [-0.39, 0.29) is 17.6 Å². The monoisotopic (exact) mass is 264 g/mol. The number of piperidine rings is 1. The predicted molar refractivity (Wildman–Crippen MR) is 69.9 cm³/mol. The number of nitro groups is 1. The lowest BCUT2D eigenvalue weighted by molar-refractivity contribution is -0.384. The van der Waals surface area contributed by atoms with Gasteiger partial charge in [0.15, 0.2) is 0 Å². The third kappa shape index (κ3) is 3.18. The third-order valence-electron chi connectivity index (χ3n) is 3.16. The van der Waals surface area contributed by atoms with Gasteiger partial charge >= 0.3 is 5.69 Å². The molecule has 0 bridgehead atoms. The average Bonchev–Trinajstić information content (AvgIpc) is 2.39. The Balaban J connectivity index is 2.05. The normalized spacial score (nSPS) is 16.2. The summed E-state index contributed by atoms with van der Waals surface area (Å²) in [5, 5.41) is 13.8. The van der Waals surface area contributed by atoms with E-state index >= 15 is 0 Å². The molecule has 2 heterocycles. The molecule has 2 rings (SSSR count). The molecular formula is C12H16N4O3. The molecule has 102 valence electrons. The first kappa shape index (κ1) is 13.3. The molecule has 1 amide bonds. The first-order valence-corrected chi connectivity index (χ1v) is 6.19. The molecule has 0 atom stereocenters. The van der Waals surface area contributed by atoms with Crippen LogP contribution in [0.2, 0.25) is 0 Å². The van der Waals surface area contributed by atoms with Crippen molar-refractivity contribution in [1.29, 1.82) is 0 Å². The Morgan fingerprint density at radius 2 is 2.21 bits per heavy atom. The largest absolute Gasteiger partial charge is 0.353 e. The van der Waals surface area contributed by atoms with Crippen LogP contribution in [-0.2, 0) is 4.79 Å². The molecule has 1 saturated heterocycles. The van der Waals surface area contributed by atoms with Gasteiger partial charge in [0.05, 0.1) is 4.92 Å². The van der Waals surface area contributed by atoms with Crippen molar-refractivity contribution < 1.29 is 9.72 Å². The summed E-state index contributed by atoms with van der Waals surface area (Å²) < 4.78 is 0. The lowest BCUT2D eigenvalue weighted by atomic mass is 10.0. The number of pyridine rings is 1. The zero-order chi connectivity index (χ0) is 13.8. The highest BCUT2D eigenvalue weighted by Crippen LogP contribution is 2.27. The first-order valence-electron chi connectivity index (χ1n) is 6.19. The first-order chi connectivity index (χ1) is 9.08. The van der Waals surface area contributed by atoms with E-state index in [2.05, 4.69) is 10.3 Å². The zero-order valence-corrected chi connectivity index (χ0v) is 10.7. The fraction of sp³-hybridized carbons (Fsp3) is 0.500. The molecule has 0 unspecified atom stereocenters. The van der Waals surface area contributed by atoms with Gasteiger partial charge in [-0.3, -0.25) is 14.9 Å². The van der Waals surface area contributed by atoms with Crippen molar-refractivity contribution in [2.24, 2.45) is 0 Å². The van der Waals surface area contributed by atoms with E-state index in [9.17, 15) is 14.9 Å². The number of anilines is 1. The van der Waals surface area contributed by atoms with Crippen molar-refractivity contribution in [3.8, 4) is 0 Å². The van der Waals surface area contributed by atoms with E-state index in [0.29, 0.717) is 18.9 Å². The molecule has 1 aromatic rings. The topological polar surface area (TPSA) is 88.4 Å². The molecule has 0 spiro atoms. The summed E-state index contributed by atoms with van der Waals surface area (Å²) in [6.07, 6.45) is 3.10. The SMILES string of the molecule is CC(=O)NC1CCN(c2ncccc2[N+](=O)[O-])CC1. The maximum absolute atomic E-state index is 11.0. The number of hydrogen-bond acceptors (Lipinski definition) is 5. The predicted octanol–water partition coefficient (Wildman–Crippen LogP) is 1.09. The molecule has 7 nitrogen and oxygen atoms in total. The lowest BCUT2D eigenvalue weighted by Crippen LogP contribution is -2.44. The number of rotatable bonds is 3. The van der Waals surface area contributed by atoms with Crippen LogP contribution in [-0.4, -0.2) is 34.9 Å². The molecule has 1 N–H and O–H groups in total. The van der Waals surface area contributed by atoms with E-state index in [1.165, 1.54) is 13.0 Å². The molecule has 0 aromatic carbocycles. The van der Waals surface area contributed by atoms with Crippen molar-refractivity contribution in [1.82, 2.24) is 10.3 Å². The summed E-state index contributed by atoms with van der Waals surface area (Å²) in [7, 11) is 0. The molecule has 19 heavy (non-hydrogen) atoms. The molecule has 0 aliphatic carbocycles. The van der Waals surface area contributed by atoms with Gasteiger partial charge in [0, 0.05) is 38.3 Å². The second kappa shape index (κ2) is 5.64. The van der Waals surface area contributed by atoms with Crippen molar-refractivity contribution in [3.05, 3.63) is 28.4 Å². The summed E-state index contributed by atoms with van der Waals surface area (Å²) in [6, 6.07) is 3.17. The van der Waals surface area contributed by atoms with Crippen molar-refractivity contribution in [2.75, 3.05) is 18.0 Å². The van der Waals surface area contributed by atoms with Crippen LogP contribution in [0.4, 0.5) is 11.5 Å². The fourth-order valence-corrected chi connectivity index (χ4v) is 2.30. The average molecular weight is 264 g/mol. The molecule has 0 radical (unpaired) electrons. The Labute approximate surface area is 110 Å². The minimum atomic E-state index is -0.414. The van der Waals surface area contributed by atoms with Gasteiger partial charge in [-0.1, -0.05) is 0 Å². The summed E-state index contributed by atoms with van der Waals surface area (Å²) in [5.74, 6) is 0.371. The highest BCUT2D eigenvalue weighted by atomic mass is 16.6. The molecule has 0 saturated carbocycles. The molecule has 1 aliphatic heterocycles. The Bertz CT molecular complexity index is 484. The quantitative estimate of drug-likeness (QED) is 0.652. The van der Waals surface area contributed by atoms with Crippen LogP contribution < -0.4 is 10.2 Å². The minimum Gasteiger partial charge on any atom is -0.353 e. The Morgan fingerprint density at radius 1 is 1.53 bits per heavy atom. The Kier molecular flexibility index (Phi) is 3.94. The van der Waals surface area contributed by atoms with Gasteiger partial charge in [0.25, 0.3) is 0 Å². The number of carbonyl (C=O) groups excluding carboxylic acids is 1. The van der Waals surface area contributed by atoms with Crippen LogP contribution in [0.25, 0.3) is 0 Å². The highest BCUT2D eigenvalue weighted by Gasteiger charge is 2.25. The van der Waals surface area contributed by atoms with Gasteiger partial charge in [-0.15, -0.1) is 0 Å². The molecule has 1 fully saturated rings. The summed E-state index contributed by atoms with van der Waals surface area (Å²) in [4.78, 5) is 27.5. The van der Waals surface area contributed by atoms with Crippen LogP contribution >= 0.6 is 0 Å². The van der Waals surface area contributed by atoms with Crippen LogP contribution in [0.3, 0.4) is 0 Å². The number of nitrogens with zero attached hydrogens (tertiary/aromatic N) is 3. The molecule has 7 heteroatoms. The van der Waals surface area contributed by atoms with Crippen molar-refractivity contribution in [2.45, 2.75) is 25.8 Å². The highest BCUT2D eigenvalue weighted by molar-refractivity contribution is 5.73. The van der Waals surface area contributed by atoms with E-state index in [0.717, 1.165) is 12.8 Å². The van der Waals surface area contributed by atoms with E-state index in [1.54, 1.807) is 12.3 Å². The van der Waals surface area contributed by atoms with Gasteiger partial charge < -0.3 is 10.2 Å². The Morgan fingerprint density at radius 3 is 2.79 bits per heavy atom. The smallest absolute Gasteiger partial charge is 0.311 e. The lowest BCUT2D eigenvalue weighted by Gasteiger charge is -2.32. The number of aromatic nitrogens is 1. The fourth-order valence-electron chi connectivity index (χ4n) is 2.30. The standard InChI is InChI=1S/C12H16N4O3/c1-9(17)14-10-4-7-15(8-5-10)12-11(16(18)19)3-2-6-13-12/h2-3,6,10H,4-5,7-8H2,1H3,(H,14,17). The van der Waals surface area contributed by atoms with Gasteiger partial charge in [-0.2, -0.15) is 0 Å². The van der Waals surface area contributed by atoms with Crippen LogP contribution in [0.1, 0.15) is 19.8 Å². The number of amides is 1. The summed E-state index contributed by atoms with van der Waals surface area (Å²) in [6.45, 7) is 2.81. The number of nitrogens with one attached hydrogen (secondary N) is 1. The summed E-state index contributed by atoms with van der Waals surface area (Å²) >= 11 is 0. The Hall–Kier alpha value is -2.18. The third-order valence-corrected chi connectivity index (χ3v) is 3.16. The van der Waals surface area contributed by atoms with Gasteiger partial charge in [0.2, 0.25) is 11.7 Å². The maximum atomic E-state index is 11.0. The zero-order valence-electron chi connectivity index (χ0n) is 10.7. The second-order valence-electron chi connectivity index (χ2n) is 4.57. The number of hydrogen-bond donors (Lipinski definition) is 1. The summed E-state index contributed by atoms with van der Waals surface area (Å²) in [5.41, 5.74) is 0.0282. The molecule has 1 aromatic heterocycles. The van der Waals surface area contributed by atoms with Gasteiger partial charge in [-0.25, -0.2) is 4.98 Å². The minimum absolute atomic E-state index is 0.0282. The molecule has 1 aliphatic rings. The van der Waals surface area contributed by atoms with E-state index < -0.39 is 4.92 Å². The van der Waals surface area contributed by atoms with Crippen molar-refractivity contribution >= 4 is 17.4 Å². The molecular weight excluding hydrogens is 248 g/mol. The second-order valence-corrected chi connectivity index (χ2v) is 4.57. The van der Waals surface area contributed by atoms with E-state index in [1.807, 2.05) is 4.90 Å². The maximum Gasteiger partial charge on any atom is 0.311 e. The van der Waals surface area contributed by atoms with E-state index in [4.69, 9.17) is 0 Å². The van der Waals surface area contributed by atoms with Crippen LogP contribution in [0.5, 0.6) is 0 Å². The van der Waals surface area contributed by atoms with Crippen molar-refractivity contribution in [3.63, 3.8) is 0 Å².